The molecule has 0 aliphatic heterocycles. The van der Waals surface area contributed by atoms with Crippen LogP contribution in [0.4, 0.5) is 0 Å². The van der Waals surface area contributed by atoms with Gasteiger partial charge in [-0.1, -0.05) is 23.2 Å². The fourth-order valence-electron chi connectivity index (χ4n) is 1.66. The third kappa shape index (κ3) is 3.22. The molecule has 0 saturated carbocycles. The molecule has 0 spiro atoms. The maximum Gasteiger partial charge on any atom is 0.0847 e. The predicted molar refractivity (Wildman–Crippen MR) is 68.3 cm³/mol. The summed E-state index contributed by atoms with van der Waals surface area (Å²) in [5, 5.41) is 15.3. The molecule has 5 heteroatoms. The second kappa shape index (κ2) is 5.08. The van der Waals surface area contributed by atoms with Crippen LogP contribution in [0.15, 0.2) is 30.5 Å². The lowest BCUT2D eigenvalue weighted by molar-refractivity contribution is 0.177. The second-order valence-corrected chi connectivity index (χ2v) is 4.78. The lowest BCUT2D eigenvalue weighted by Crippen LogP contribution is -2.03. The van der Waals surface area contributed by atoms with Crippen LogP contribution < -0.4 is 0 Å². The number of rotatable bonds is 3. The molecule has 1 atom stereocenters. The van der Waals surface area contributed by atoms with Gasteiger partial charge in [0.15, 0.2) is 0 Å². The molecule has 2 rings (SSSR count). The number of aliphatic hydroxyl groups is 1. The van der Waals surface area contributed by atoms with Crippen LogP contribution in [-0.2, 0) is 13.5 Å². The molecule has 17 heavy (non-hydrogen) atoms. The molecule has 90 valence electrons. The van der Waals surface area contributed by atoms with Crippen molar-refractivity contribution in [3.05, 3.63) is 51.8 Å². The minimum atomic E-state index is -0.652. The van der Waals surface area contributed by atoms with Gasteiger partial charge in [-0.2, -0.15) is 5.10 Å². The van der Waals surface area contributed by atoms with E-state index in [-0.39, 0.29) is 0 Å². The van der Waals surface area contributed by atoms with Crippen molar-refractivity contribution in [3.63, 3.8) is 0 Å². The summed E-state index contributed by atoms with van der Waals surface area (Å²) in [6.45, 7) is 0. The van der Waals surface area contributed by atoms with Gasteiger partial charge in [0.05, 0.1) is 11.8 Å². The number of hydrogen-bond acceptors (Lipinski definition) is 2. The zero-order chi connectivity index (χ0) is 12.4. The van der Waals surface area contributed by atoms with Crippen molar-refractivity contribution in [2.75, 3.05) is 0 Å². The Morgan fingerprint density at radius 1 is 1.29 bits per heavy atom. The number of aryl methyl sites for hydroxylation is 1. The Morgan fingerprint density at radius 2 is 1.94 bits per heavy atom. The lowest BCUT2D eigenvalue weighted by atomic mass is 10.1. The molecule has 1 aromatic carbocycles. The lowest BCUT2D eigenvalue weighted by Gasteiger charge is -2.10. The smallest absolute Gasteiger partial charge is 0.0847 e. The van der Waals surface area contributed by atoms with Crippen LogP contribution in [0.2, 0.25) is 10.0 Å². The number of halogens is 2. The van der Waals surface area contributed by atoms with E-state index in [1.54, 1.807) is 22.9 Å². The van der Waals surface area contributed by atoms with Crippen molar-refractivity contribution in [1.29, 1.82) is 0 Å². The highest BCUT2D eigenvalue weighted by Crippen LogP contribution is 2.25. The van der Waals surface area contributed by atoms with Gasteiger partial charge in [0.25, 0.3) is 0 Å². The Bertz CT molecular complexity index is 505. The van der Waals surface area contributed by atoms with Gasteiger partial charge in [0, 0.05) is 29.7 Å². The van der Waals surface area contributed by atoms with E-state index >= 15 is 0 Å². The fourth-order valence-corrected chi connectivity index (χ4v) is 2.20. The van der Waals surface area contributed by atoms with E-state index in [9.17, 15) is 5.11 Å². The molecule has 0 aliphatic rings. The van der Waals surface area contributed by atoms with E-state index in [0.717, 1.165) is 5.69 Å². The van der Waals surface area contributed by atoms with E-state index in [1.807, 2.05) is 19.3 Å². The van der Waals surface area contributed by atoms with Crippen molar-refractivity contribution in [2.45, 2.75) is 12.5 Å². The fraction of sp³-hybridized carbons (Fsp3) is 0.250. The van der Waals surface area contributed by atoms with Crippen LogP contribution in [0.3, 0.4) is 0 Å². The first kappa shape index (κ1) is 12.4. The zero-order valence-corrected chi connectivity index (χ0v) is 10.8. The van der Waals surface area contributed by atoms with Gasteiger partial charge in [-0.25, -0.2) is 0 Å². The van der Waals surface area contributed by atoms with Gasteiger partial charge in [-0.15, -0.1) is 0 Å². The third-order valence-corrected chi connectivity index (χ3v) is 2.88. The first-order chi connectivity index (χ1) is 8.04. The maximum atomic E-state index is 10.1. The van der Waals surface area contributed by atoms with Crippen LogP contribution in [0.1, 0.15) is 17.4 Å². The molecule has 1 aromatic heterocycles. The van der Waals surface area contributed by atoms with Gasteiger partial charge in [0.1, 0.15) is 0 Å². The summed E-state index contributed by atoms with van der Waals surface area (Å²) in [5.41, 5.74) is 1.53. The van der Waals surface area contributed by atoms with E-state index in [1.165, 1.54) is 0 Å². The Kier molecular flexibility index (Phi) is 3.72. The van der Waals surface area contributed by atoms with Crippen LogP contribution in [0.5, 0.6) is 0 Å². The highest BCUT2D eigenvalue weighted by atomic mass is 35.5. The van der Waals surface area contributed by atoms with Gasteiger partial charge in [-0.05, 0) is 29.8 Å². The van der Waals surface area contributed by atoms with E-state index in [0.29, 0.717) is 22.0 Å². The second-order valence-electron chi connectivity index (χ2n) is 3.90. The number of nitrogens with zero attached hydrogens (tertiary/aromatic N) is 2. The maximum absolute atomic E-state index is 10.1. The summed E-state index contributed by atoms with van der Waals surface area (Å²) in [7, 11) is 1.84. The van der Waals surface area contributed by atoms with Crippen LogP contribution in [0.25, 0.3) is 0 Å². The van der Waals surface area contributed by atoms with Crippen molar-refractivity contribution < 1.29 is 5.11 Å². The number of benzene rings is 1. The Balaban J connectivity index is 2.16. The normalized spacial score (nSPS) is 12.7. The monoisotopic (exact) mass is 270 g/mol. The van der Waals surface area contributed by atoms with Crippen LogP contribution in [-0.4, -0.2) is 14.9 Å². The summed E-state index contributed by atoms with van der Waals surface area (Å²) in [6, 6.07) is 6.93. The first-order valence-corrected chi connectivity index (χ1v) is 5.93. The highest BCUT2D eigenvalue weighted by Gasteiger charge is 2.11. The molecule has 1 N–H and O–H groups in total. The van der Waals surface area contributed by atoms with Crippen LogP contribution >= 0.6 is 23.2 Å². The molecule has 0 fully saturated rings. The van der Waals surface area contributed by atoms with Crippen molar-refractivity contribution in [3.8, 4) is 0 Å². The molecule has 0 aliphatic carbocycles. The Hall–Kier alpha value is -1.03. The summed E-state index contributed by atoms with van der Waals surface area (Å²) in [5.74, 6) is 0. The molecule has 1 heterocycles. The average Bonchev–Trinajstić information content (AvgIpc) is 2.62. The van der Waals surface area contributed by atoms with Gasteiger partial charge in [0.2, 0.25) is 0 Å². The standard InChI is InChI=1S/C12H12Cl2N2O/c1-16-3-2-11(15-16)7-12(17)8-4-9(13)6-10(14)5-8/h2-6,12,17H,7H2,1H3. The quantitative estimate of drug-likeness (QED) is 0.931. The van der Waals surface area contributed by atoms with Gasteiger partial charge < -0.3 is 5.11 Å². The highest BCUT2D eigenvalue weighted by molar-refractivity contribution is 6.34. The number of aromatic nitrogens is 2. The number of hydrogen-bond donors (Lipinski definition) is 1. The molecule has 3 nitrogen and oxygen atoms in total. The predicted octanol–water partition coefficient (Wildman–Crippen LogP) is 3.00. The zero-order valence-electron chi connectivity index (χ0n) is 9.27. The van der Waals surface area contributed by atoms with Crippen molar-refractivity contribution in [1.82, 2.24) is 9.78 Å². The SMILES string of the molecule is Cn1ccc(CC(O)c2cc(Cl)cc(Cl)c2)n1. The molecule has 2 aromatic rings. The van der Waals surface area contributed by atoms with E-state index in [2.05, 4.69) is 5.10 Å². The van der Waals surface area contributed by atoms with Crippen molar-refractivity contribution >= 4 is 23.2 Å². The van der Waals surface area contributed by atoms with Gasteiger partial charge in [-0.3, -0.25) is 4.68 Å². The molecule has 1 unspecified atom stereocenters. The minimum Gasteiger partial charge on any atom is -0.388 e. The Labute approximate surface area is 110 Å². The topological polar surface area (TPSA) is 38.0 Å². The third-order valence-electron chi connectivity index (χ3n) is 2.44. The van der Waals surface area contributed by atoms with E-state index < -0.39 is 6.10 Å². The van der Waals surface area contributed by atoms with Gasteiger partial charge >= 0.3 is 0 Å². The number of aliphatic hydroxyl groups excluding tert-OH is 1. The largest absolute Gasteiger partial charge is 0.388 e. The summed E-state index contributed by atoms with van der Waals surface area (Å²) >= 11 is 11.8. The Morgan fingerprint density at radius 3 is 2.47 bits per heavy atom. The molecule has 0 radical (unpaired) electrons. The molecule has 0 saturated heterocycles. The minimum absolute atomic E-state index is 0.442. The summed E-state index contributed by atoms with van der Waals surface area (Å²) in [6.07, 6.45) is 1.63. The molecular weight excluding hydrogens is 259 g/mol. The summed E-state index contributed by atoms with van der Waals surface area (Å²) in [4.78, 5) is 0. The summed E-state index contributed by atoms with van der Waals surface area (Å²) < 4.78 is 1.70. The average molecular weight is 271 g/mol. The van der Waals surface area contributed by atoms with Crippen LogP contribution in [0, 0.1) is 0 Å². The molecule has 0 amide bonds. The first-order valence-electron chi connectivity index (χ1n) is 5.17. The molecular formula is C12H12Cl2N2O. The molecule has 0 bridgehead atoms. The van der Waals surface area contributed by atoms with Crippen molar-refractivity contribution in [2.24, 2.45) is 7.05 Å². The van der Waals surface area contributed by atoms with E-state index in [4.69, 9.17) is 23.2 Å².